The van der Waals surface area contributed by atoms with E-state index in [1.165, 1.54) is 38.4 Å². The molecule has 0 bridgehead atoms. The zero-order chi connectivity index (χ0) is 17.7. The number of nitrogens with zero attached hydrogens (tertiary/aromatic N) is 1. The number of nitrogens with one attached hydrogen (secondary N) is 1. The summed E-state index contributed by atoms with van der Waals surface area (Å²) in [6, 6.07) is 5.13. The molecule has 0 radical (unpaired) electrons. The molecule has 7 nitrogen and oxygen atoms in total. The van der Waals surface area contributed by atoms with Crippen LogP contribution in [0.15, 0.2) is 34.1 Å². The maximum absolute atomic E-state index is 12.6. The number of sulfonamides is 2. The third-order valence-electron chi connectivity index (χ3n) is 3.41. The van der Waals surface area contributed by atoms with Crippen molar-refractivity contribution in [3.63, 3.8) is 0 Å². The molecule has 23 heavy (non-hydrogen) atoms. The van der Waals surface area contributed by atoms with Crippen LogP contribution in [0.25, 0.3) is 0 Å². The van der Waals surface area contributed by atoms with Crippen molar-refractivity contribution < 1.29 is 16.8 Å². The van der Waals surface area contributed by atoms with Gasteiger partial charge in [0.25, 0.3) is 0 Å². The predicted molar refractivity (Wildman–Crippen MR) is 90.0 cm³/mol. The van der Waals surface area contributed by atoms with Gasteiger partial charge in [0, 0.05) is 26.7 Å². The van der Waals surface area contributed by atoms with E-state index >= 15 is 0 Å². The second-order valence-corrected chi connectivity index (χ2v) is 9.23. The highest BCUT2D eigenvalue weighted by atomic mass is 32.2. The zero-order valence-corrected chi connectivity index (χ0v) is 15.3. The summed E-state index contributed by atoms with van der Waals surface area (Å²) in [6.07, 6.45) is 2.36. The van der Waals surface area contributed by atoms with Crippen molar-refractivity contribution in [1.29, 1.82) is 0 Å². The molecular formula is C14H25N3O4S2. The highest BCUT2D eigenvalue weighted by Gasteiger charge is 2.29. The van der Waals surface area contributed by atoms with Gasteiger partial charge in [0.2, 0.25) is 20.0 Å². The first kappa shape index (κ1) is 20.0. The van der Waals surface area contributed by atoms with Crippen molar-refractivity contribution >= 4 is 20.0 Å². The standard InChI is InChI=1S/C14H25N3O4S2/c1-4-5-8-12(11-15)16-22(18,19)13-9-6-7-10-14(13)23(20,21)17(2)3/h6-7,9-10,12,16H,4-5,8,11,15H2,1-3H3. The van der Waals surface area contributed by atoms with E-state index in [0.717, 1.165) is 17.1 Å². The Morgan fingerprint density at radius 2 is 1.70 bits per heavy atom. The van der Waals surface area contributed by atoms with Gasteiger partial charge >= 0.3 is 0 Å². The molecule has 1 aromatic carbocycles. The van der Waals surface area contributed by atoms with Gasteiger partial charge in [0.05, 0.1) is 0 Å². The molecule has 3 N–H and O–H groups in total. The van der Waals surface area contributed by atoms with Crippen LogP contribution >= 0.6 is 0 Å². The van der Waals surface area contributed by atoms with Crippen LogP contribution in [0.5, 0.6) is 0 Å². The molecule has 0 amide bonds. The topological polar surface area (TPSA) is 110 Å². The van der Waals surface area contributed by atoms with Crippen LogP contribution in [0.4, 0.5) is 0 Å². The molecule has 1 aromatic rings. The van der Waals surface area contributed by atoms with Crippen LogP contribution in [0, 0.1) is 0 Å². The Bertz CT molecular complexity index is 715. The van der Waals surface area contributed by atoms with Crippen molar-refractivity contribution in [2.24, 2.45) is 5.73 Å². The lowest BCUT2D eigenvalue weighted by Gasteiger charge is -2.19. The minimum absolute atomic E-state index is 0.155. The molecule has 0 aliphatic rings. The van der Waals surface area contributed by atoms with Crippen LogP contribution in [0.1, 0.15) is 26.2 Å². The molecule has 0 heterocycles. The number of hydrogen-bond acceptors (Lipinski definition) is 5. The first-order valence-electron chi connectivity index (χ1n) is 7.40. The average Bonchev–Trinajstić information content (AvgIpc) is 2.51. The summed E-state index contributed by atoms with van der Waals surface area (Å²) in [6.45, 7) is 2.16. The summed E-state index contributed by atoms with van der Waals surface area (Å²) in [5, 5.41) is 0. The molecule has 1 unspecified atom stereocenters. The van der Waals surface area contributed by atoms with Crippen molar-refractivity contribution in [2.45, 2.75) is 42.0 Å². The van der Waals surface area contributed by atoms with Crippen LogP contribution < -0.4 is 10.5 Å². The normalized spacial score (nSPS) is 14.1. The molecule has 0 saturated heterocycles. The lowest BCUT2D eigenvalue weighted by atomic mass is 10.1. The molecule has 1 rings (SSSR count). The largest absolute Gasteiger partial charge is 0.329 e. The first-order chi connectivity index (χ1) is 10.7. The summed E-state index contributed by atoms with van der Waals surface area (Å²) in [4.78, 5) is -0.507. The Hall–Kier alpha value is -1.00. The number of nitrogens with two attached hydrogens (primary N) is 1. The summed E-state index contributed by atoms with van der Waals surface area (Å²) < 4.78 is 53.4. The van der Waals surface area contributed by atoms with Gasteiger partial charge in [-0.1, -0.05) is 31.9 Å². The average molecular weight is 364 g/mol. The van der Waals surface area contributed by atoms with Gasteiger partial charge in [-0.25, -0.2) is 25.9 Å². The first-order valence-corrected chi connectivity index (χ1v) is 10.3. The van der Waals surface area contributed by atoms with Crippen LogP contribution in [0.2, 0.25) is 0 Å². The minimum Gasteiger partial charge on any atom is -0.329 e. The van der Waals surface area contributed by atoms with Gasteiger partial charge < -0.3 is 5.73 Å². The van der Waals surface area contributed by atoms with Crippen LogP contribution in [0.3, 0.4) is 0 Å². The minimum atomic E-state index is -3.99. The predicted octanol–water partition coefficient (Wildman–Crippen LogP) is 0.733. The van der Waals surface area contributed by atoms with Gasteiger partial charge in [-0.05, 0) is 18.6 Å². The van der Waals surface area contributed by atoms with E-state index in [4.69, 9.17) is 5.73 Å². The quantitative estimate of drug-likeness (QED) is 0.672. The van der Waals surface area contributed by atoms with E-state index in [-0.39, 0.29) is 16.3 Å². The number of benzene rings is 1. The van der Waals surface area contributed by atoms with E-state index in [0.29, 0.717) is 6.42 Å². The summed E-state index contributed by atoms with van der Waals surface area (Å²) in [7, 11) is -5.14. The Kier molecular flexibility index (Phi) is 7.15. The number of hydrogen-bond donors (Lipinski definition) is 2. The maximum Gasteiger partial charge on any atom is 0.243 e. The van der Waals surface area contributed by atoms with E-state index in [1.807, 2.05) is 6.92 Å². The van der Waals surface area contributed by atoms with E-state index in [1.54, 1.807) is 0 Å². The molecule has 0 aromatic heterocycles. The zero-order valence-electron chi connectivity index (χ0n) is 13.7. The van der Waals surface area contributed by atoms with Gasteiger partial charge in [-0.2, -0.15) is 0 Å². The molecule has 1 atom stereocenters. The third kappa shape index (κ3) is 4.98. The molecule has 0 spiro atoms. The second-order valence-electron chi connectivity index (χ2n) is 5.43. The van der Waals surface area contributed by atoms with E-state index < -0.39 is 26.1 Å². The van der Waals surface area contributed by atoms with Gasteiger partial charge in [-0.15, -0.1) is 0 Å². The number of unbranched alkanes of at least 4 members (excludes halogenated alkanes) is 1. The van der Waals surface area contributed by atoms with Crippen molar-refractivity contribution in [3.05, 3.63) is 24.3 Å². The Morgan fingerprint density at radius 3 is 2.17 bits per heavy atom. The fourth-order valence-corrected chi connectivity index (χ4v) is 5.02. The monoisotopic (exact) mass is 363 g/mol. The van der Waals surface area contributed by atoms with E-state index in [9.17, 15) is 16.8 Å². The highest BCUT2D eigenvalue weighted by molar-refractivity contribution is 7.92. The molecule has 132 valence electrons. The smallest absolute Gasteiger partial charge is 0.243 e. The lowest BCUT2D eigenvalue weighted by molar-refractivity contribution is 0.507. The Balaban J connectivity index is 3.25. The summed E-state index contributed by atoms with van der Waals surface area (Å²) in [5.41, 5.74) is 5.62. The van der Waals surface area contributed by atoms with Gasteiger partial charge in [0.1, 0.15) is 9.79 Å². The third-order valence-corrected chi connectivity index (χ3v) is 6.99. The Labute approximate surface area is 139 Å². The van der Waals surface area contributed by atoms with Gasteiger partial charge in [0.15, 0.2) is 0 Å². The Morgan fingerprint density at radius 1 is 1.13 bits per heavy atom. The maximum atomic E-state index is 12.6. The number of rotatable bonds is 9. The lowest BCUT2D eigenvalue weighted by Crippen LogP contribution is -2.40. The fraction of sp³-hybridized carbons (Fsp3) is 0.571. The van der Waals surface area contributed by atoms with E-state index in [2.05, 4.69) is 4.72 Å². The van der Waals surface area contributed by atoms with Gasteiger partial charge in [-0.3, -0.25) is 0 Å². The van der Waals surface area contributed by atoms with Crippen molar-refractivity contribution in [2.75, 3.05) is 20.6 Å². The van der Waals surface area contributed by atoms with Crippen molar-refractivity contribution in [3.8, 4) is 0 Å². The molecule has 0 saturated carbocycles. The van der Waals surface area contributed by atoms with Crippen LogP contribution in [-0.4, -0.2) is 47.8 Å². The summed E-state index contributed by atoms with van der Waals surface area (Å²) in [5.74, 6) is 0. The highest BCUT2D eigenvalue weighted by Crippen LogP contribution is 2.23. The van der Waals surface area contributed by atoms with Crippen molar-refractivity contribution in [1.82, 2.24) is 9.03 Å². The molecule has 0 fully saturated rings. The SMILES string of the molecule is CCCCC(CN)NS(=O)(=O)c1ccccc1S(=O)(=O)N(C)C. The fourth-order valence-electron chi connectivity index (χ4n) is 2.04. The summed E-state index contributed by atoms with van der Waals surface area (Å²) >= 11 is 0. The molecule has 9 heteroatoms. The van der Waals surface area contributed by atoms with Crippen LogP contribution in [-0.2, 0) is 20.0 Å². The molecule has 0 aliphatic heterocycles. The molecular weight excluding hydrogens is 338 g/mol. The molecule has 0 aliphatic carbocycles. The second kappa shape index (κ2) is 8.20.